The van der Waals surface area contributed by atoms with E-state index in [1.807, 2.05) is 0 Å². The smallest absolute Gasteiger partial charge is 0.308 e. The average Bonchev–Trinajstić information content (AvgIpc) is 3.22. The standard InChI is InChI=1S/C15H21N3O3/c19-14(13-8-12(17-18-13)9-6-7-9)16-11-5-3-1-2-4-10(11)15(20)21/h8-11H,1-7H2,(H,16,19)(H,17,18)(H,20,21)/t10-,11+/m1/s1. The van der Waals surface area contributed by atoms with Gasteiger partial charge in [0.15, 0.2) is 0 Å². The van der Waals surface area contributed by atoms with Crippen molar-refractivity contribution in [3.8, 4) is 0 Å². The maximum Gasteiger partial charge on any atom is 0.308 e. The molecule has 0 aliphatic heterocycles. The molecule has 6 nitrogen and oxygen atoms in total. The van der Waals surface area contributed by atoms with E-state index >= 15 is 0 Å². The molecule has 2 fully saturated rings. The Morgan fingerprint density at radius 3 is 2.67 bits per heavy atom. The fraction of sp³-hybridized carbons (Fsp3) is 0.667. The third-order valence-corrected chi connectivity index (χ3v) is 4.50. The second kappa shape index (κ2) is 5.87. The fourth-order valence-corrected chi connectivity index (χ4v) is 3.07. The molecule has 2 aliphatic carbocycles. The first-order chi connectivity index (χ1) is 10.1. The van der Waals surface area contributed by atoms with Crippen molar-refractivity contribution in [2.24, 2.45) is 5.92 Å². The van der Waals surface area contributed by atoms with Crippen LogP contribution in [0.15, 0.2) is 6.07 Å². The van der Waals surface area contributed by atoms with Gasteiger partial charge in [-0.15, -0.1) is 0 Å². The number of nitrogens with one attached hydrogen (secondary N) is 2. The van der Waals surface area contributed by atoms with E-state index in [4.69, 9.17) is 0 Å². The Morgan fingerprint density at radius 1 is 1.19 bits per heavy atom. The summed E-state index contributed by atoms with van der Waals surface area (Å²) in [6.45, 7) is 0. The van der Waals surface area contributed by atoms with Crippen molar-refractivity contribution in [3.05, 3.63) is 17.5 Å². The molecule has 0 aromatic carbocycles. The first-order valence-corrected chi connectivity index (χ1v) is 7.74. The number of aromatic amines is 1. The van der Waals surface area contributed by atoms with Crippen LogP contribution in [0.1, 0.15) is 67.0 Å². The second-order valence-electron chi connectivity index (χ2n) is 6.15. The van der Waals surface area contributed by atoms with Crippen LogP contribution >= 0.6 is 0 Å². The minimum atomic E-state index is -0.817. The molecule has 1 amide bonds. The number of carboxylic acid groups (broad SMARTS) is 1. The number of carboxylic acids is 1. The summed E-state index contributed by atoms with van der Waals surface area (Å²) in [5, 5.41) is 19.2. The summed E-state index contributed by atoms with van der Waals surface area (Å²) in [6, 6.07) is 1.50. The van der Waals surface area contributed by atoms with Gasteiger partial charge in [-0.1, -0.05) is 19.3 Å². The van der Waals surface area contributed by atoms with Gasteiger partial charge in [-0.2, -0.15) is 5.10 Å². The highest BCUT2D eigenvalue weighted by atomic mass is 16.4. The van der Waals surface area contributed by atoms with Crippen LogP contribution in [0.25, 0.3) is 0 Å². The number of hydrogen-bond acceptors (Lipinski definition) is 3. The van der Waals surface area contributed by atoms with Crippen molar-refractivity contribution < 1.29 is 14.7 Å². The van der Waals surface area contributed by atoms with Crippen LogP contribution in [0.4, 0.5) is 0 Å². The molecule has 3 rings (SSSR count). The van der Waals surface area contributed by atoms with Gasteiger partial charge in [-0.25, -0.2) is 0 Å². The summed E-state index contributed by atoms with van der Waals surface area (Å²) in [5.41, 5.74) is 1.38. The van der Waals surface area contributed by atoms with Gasteiger partial charge < -0.3 is 10.4 Å². The minimum Gasteiger partial charge on any atom is -0.481 e. The van der Waals surface area contributed by atoms with Crippen molar-refractivity contribution in [3.63, 3.8) is 0 Å². The number of nitrogens with zero attached hydrogens (tertiary/aromatic N) is 1. The summed E-state index contributed by atoms with van der Waals surface area (Å²) in [7, 11) is 0. The van der Waals surface area contributed by atoms with E-state index in [1.165, 1.54) is 0 Å². The molecule has 1 heterocycles. The predicted octanol–water partition coefficient (Wildman–Crippen LogP) is 2.05. The third-order valence-electron chi connectivity index (χ3n) is 4.50. The second-order valence-corrected chi connectivity index (χ2v) is 6.15. The van der Waals surface area contributed by atoms with Gasteiger partial charge in [0, 0.05) is 17.7 Å². The van der Waals surface area contributed by atoms with E-state index in [9.17, 15) is 14.7 Å². The van der Waals surface area contributed by atoms with Gasteiger partial charge in [0.25, 0.3) is 5.91 Å². The Hall–Kier alpha value is -1.85. The molecule has 1 aromatic rings. The molecule has 0 bridgehead atoms. The lowest BCUT2D eigenvalue weighted by Crippen LogP contribution is -2.43. The molecule has 21 heavy (non-hydrogen) atoms. The highest BCUT2D eigenvalue weighted by molar-refractivity contribution is 5.93. The molecule has 2 atom stereocenters. The van der Waals surface area contributed by atoms with Crippen molar-refractivity contribution in [2.45, 2.75) is 56.9 Å². The first-order valence-electron chi connectivity index (χ1n) is 7.74. The summed E-state index contributed by atoms with van der Waals surface area (Å²) < 4.78 is 0. The minimum absolute atomic E-state index is 0.267. The van der Waals surface area contributed by atoms with Crippen LogP contribution in [0, 0.1) is 5.92 Å². The van der Waals surface area contributed by atoms with Crippen LogP contribution in [0.5, 0.6) is 0 Å². The zero-order valence-corrected chi connectivity index (χ0v) is 12.0. The van der Waals surface area contributed by atoms with E-state index in [0.717, 1.165) is 44.2 Å². The van der Waals surface area contributed by atoms with Crippen LogP contribution in [0.2, 0.25) is 0 Å². The predicted molar refractivity (Wildman–Crippen MR) is 76.0 cm³/mol. The molecule has 6 heteroatoms. The zero-order chi connectivity index (χ0) is 14.8. The van der Waals surface area contributed by atoms with E-state index in [0.29, 0.717) is 18.0 Å². The largest absolute Gasteiger partial charge is 0.481 e. The van der Waals surface area contributed by atoms with E-state index < -0.39 is 11.9 Å². The van der Waals surface area contributed by atoms with Crippen LogP contribution in [-0.4, -0.2) is 33.2 Å². The lowest BCUT2D eigenvalue weighted by atomic mass is 9.95. The molecule has 0 unspecified atom stereocenters. The molecule has 0 saturated heterocycles. The molecule has 3 N–H and O–H groups in total. The summed E-state index contributed by atoms with van der Waals surface area (Å²) >= 11 is 0. The topological polar surface area (TPSA) is 95.1 Å². The molecule has 2 saturated carbocycles. The van der Waals surface area contributed by atoms with Crippen LogP contribution in [-0.2, 0) is 4.79 Å². The lowest BCUT2D eigenvalue weighted by molar-refractivity contribution is -0.142. The maximum atomic E-state index is 12.3. The maximum absolute atomic E-state index is 12.3. The Morgan fingerprint density at radius 2 is 1.95 bits per heavy atom. The van der Waals surface area contributed by atoms with Gasteiger partial charge in [0.2, 0.25) is 0 Å². The summed E-state index contributed by atoms with van der Waals surface area (Å²) in [4.78, 5) is 23.6. The highest BCUT2D eigenvalue weighted by Crippen LogP contribution is 2.39. The van der Waals surface area contributed by atoms with Crippen molar-refractivity contribution >= 4 is 11.9 Å². The van der Waals surface area contributed by atoms with E-state index in [2.05, 4.69) is 15.5 Å². The number of hydrogen-bond donors (Lipinski definition) is 3. The molecule has 2 aliphatic rings. The molecule has 0 radical (unpaired) electrons. The SMILES string of the molecule is O=C(N[C@H]1CCCCC[C@H]1C(=O)O)c1cc(C2CC2)[nH]n1. The summed E-state index contributed by atoms with van der Waals surface area (Å²) in [6.07, 6.45) is 6.56. The molecule has 114 valence electrons. The molecule has 0 spiro atoms. The number of rotatable bonds is 4. The number of carbonyl (C=O) groups excluding carboxylic acids is 1. The number of carbonyl (C=O) groups is 2. The van der Waals surface area contributed by atoms with Crippen molar-refractivity contribution in [1.82, 2.24) is 15.5 Å². The summed E-state index contributed by atoms with van der Waals surface area (Å²) in [5.74, 6) is -1.05. The third kappa shape index (κ3) is 3.25. The number of aliphatic carboxylic acids is 1. The van der Waals surface area contributed by atoms with Gasteiger partial charge in [0.05, 0.1) is 5.92 Å². The van der Waals surface area contributed by atoms with Gasteiger partial charge in [-0.3, -0.25) is 14.7 Å². The first kappa shape index (κ1) is 14.1. The van der Waals surface area contributed by atoms with Crippen molar-refractivity contribution in [1.29, 1.82) is 0 Å². The van der Waals surface area contributed by atoms with Crippen molar-refractivity contribution in [2.75, 3.05) is 0 Å². The van der Waals surface area contributed by atoms with Gasteiger partial charge in [-0.05, 0) is 31.7 Å². The number of aromatic nitrogens is 2. The Bertz CT molecular complexity index is 536. The van der Waals surface area contributed by atoms with E-state index in [-0.39, 0.29) is 11.9 Å². The van der Waals surface area contributed by atoms with Gasteiger partial charge in [0.1, 0.15) is 5.69 Å². The zero-order valence-electron chi connectivity index (χ0n) is 12.0. The molecular formula is C15H21N3O3. The monoisotopic (exact) mass is 291 g/mol. The Labute approximate surface area is 123 Å². The number of amides is 1. The van der Waals surface area contributed by atoms with Crippen LogP contribution in [0.3, 0.4) is 0 Å². The molecular weight excluding hydrogens is 270 g/mol. The quantitative estimate of drug-likeness (QED) is 0.740. The molecule has 1 aromatic heterocycles. The normalized spacial score (nSPS) is 26.1. The van der Waals surface area contributed by atoms with E-state index in [1.54, 1.807) is 6.07 Å². The highest BCUT2D eigenvalue weighted by Gasteiger charge is 2.32. The average molecular weight is 291 g/mol. The fourth-order valence-electron chi connectivity index (χ4n) is 3.07. The Kier molecular flexibility index (Phi) is 3.94. The Balaban J connectivity index is 1.67. The van der Waals surface area contributed by atoms with Crippen LogP contribution < -0.4 is 5.32 Å². The van der Waals surface area contributed by atoms with Gasteiger partial charge >= 0.3 is 5.97 Å². The number of H-pyrrole nitrogens is 1. The lowest BCUT2D eigenvalue weighted by Gasteiger charge is -2.22.